The van der Waals surface area contributed by atoms with Gasteiger partial charge in [0.25, 0.3) is 11.8 Å². The lowest BCUT2D eigenvalue weighted by Gasteiger charge is -2.21. The van der Waals surface area contributed by atoms with Gasteiger partial charge < -0.3 is 19.9 Å². The normalized spacial score (nSPS) is 17.3. The number of ether oxygens (including phenoxy) is 1. The van der Waals surface area contributed by atoms with E-state index in [1.807, 2.05) is 6.07 Å². The average molecular weight is 403 g/mol. The Morgan fingerprint density at radius 3 is 2.64 bits per heavy atom. The van der Waals surface area contributed by atoms with Crippen LogP contribution in [-0.4, -0.2) is 56.6 Å². The van der Waals surface area contributed by atoms with Crippen molar-refractivity contribution in [1.29, 1.82) is 0 Å². The van der Waals surface area contributed by atoms with Crippen LogP contribution in [0, 0.1) is 0 Å². The maximum Gasteiger partial charge on any atom is 0.279 e. The lowest BCUT2D eigenvalue weighted by molar-refractivity contribution is -0.908. The van der Waals surface area contributed by atoms with E-state index in [4.69, 9.17) is 4.74 Å². The molecule has 150 valence electrons. The second-order valence-corrected chi connectivity index (χ2v) is 8.38. The Labute approximate surface area is 170 Å². The van der Waals surface area contributed by atoms with Crippen molar-refractivity contribution in [3.8, 4) is 0 Å². The van der Waals surface area contributed by atoms with Crippen LogP contribution in [0.2, 0.25) is 0 Å². The zero-order valence-electron chi connectivity index (χ0n) is 16.4. The second kappa shape index (κ2) is 9.82. The molecule has 7 heteroatoms. The maximum absolute atomic E-state index is 12.6. The number of anilines is 1. The lowest BCUT2D eigenvalue weighted by atomic mass is 10.2. The highest BCUT2D eigenvalue weighted by molar-refractivity contribution is 7.09. The number of hydrogen-bond acceptors (Lipinski definition) is 4. The predicted molar refractivity (Wildman–Crippen MR) is 111 cm³/mol. The monoisotopic (exact) mass is 402 g/mol. The number of benzene rings is 1. The molecule has 1 aromatic heterocycles. The fraction of sp³-hybridized carbons (Fsp3) is 0.429. The Morgan fingerprint density at radius 2 is 2.04 bits per heavy atom. The number of hydrogen-bond donors (Lipinski definition) is 2. The highest BCUT2D eigenvalue weighted by Crippen LogP contribution is 2.12. The van der Waals surface area contributed by atoms with Crippen LogP contribution in [0.15, 0.2) is 41.8 Å². The summed E-state index contributed by atoms with van der Waals surface area (Å²) >= 11 is 1.72. The van der Waals surface area contributed by atoms with Crippen molar-refractivity contribution in [2.24, 2.45) is 0 Å². The summed E-state index contributed by atoms with van der Waals surface area (Å²) in [5, 5.41) is 5.02. The third-order valence-electron chi connectivity index (χ3n) is 4.78. The Bertz CT molecular complexity index is 769. The van der Waals surface area contributed by atoms with E-state index in [2.05, 4.69) is 16.8 Å². The zero-order chi connectivity index (χ0) is 19.9. The molecule has 2 atom stereocenters. The second-order valence-electron chi connectivity index (χ2n) is 7.35. The van der Waals surface area contributed by atoms with E-state index in [0.29, 0.717) is 17.8 Å². The molecule has 0 bridgehead atoms. The van der Waals surface area contributed by atoms with E-state index >= 15 is 0 Å². The number of quaternary nitrogens is 1. The molecule has 1 saturated heterocycles. The van der Waals surface area contributed by atoms with E-state index in [9.17, 15) is 9.59 Å². The van der Waals surface area contributed by atoms with Crippen LogP contribution in [0.1, 0.15) is 28.1 Å². The van der Waals surface area contributed by atoms with Gasteiger partial charge in [-0.1, -0.05) is 6.07 Å². The Kier molecular flexibility index (Phi) is 7.19. The minimum Gasteiger partial charge on any atom is -0.372 e. The first kappa shape index (κ1) is 20.5. The van der Waals surface area contributed by atoms with Gasteiger partial charge >= 0.3 is 0 Å². The number of nitrogens with one attached hydrogen (secondary N) is 2. The molecule has 3 rings (SSSR count). The fourth-order valence-electron chi connectivity index (χ4n) is 3.38. The Hall–Kier alpha value is -2.22. The first-order valence-electron chi connectivity index (χ1n) is 9.60. The summed E-state index contributed by atoms with van der Waals surface area (Å²) in [7, 11) is 3.44. The molecule has 2 aromatic rings. The zero-order valence-corrected chi connectivity index (χ0v) is 17.3. The van der Waals surface area contributed by atoms with Crippen molar-refractivity contribution in [3.05, 3.63) is 52.2 Å². The van der Waals surface area contributed by atoms with Crippen LogP contribution in [0.25, 0.3) is 0 Å². The highest BCUT2D eigenvalue weighted by Gasteiger charge is 2.24. The summed E-state index contributed by atoms with van der Waals surface area (Å²) in [5.41, 5.74) is 1.30. The third-order valence-corrected chi connectivity index (χ3v) is 5.65. The van der Waals surface area contributed by atoms with Gasteiger partial charge in [0.15, 0.2) is 6.54 Å². The van der Waals surface area contributed by atoms with Crippen molar-refractivity contribution in [3.63, 3.8) is 0 Å². The van der Waals surface area contributed by atoms with Crippen LogP contribution >= 0.6 is 11.3 Å². The maximum atomic E-state index is 12.6. The SMILES string of the molecule is CN(C)C(=O)c1ccc(NC(=O)C[NH+](Cc2cccs2)C[C@H]2CCCO2)cc1. The Balaban J connectivity index is 1.58. The topological polar surface area (TPSA) is 63.1 Å². The number of nitrogens with zero attached hydrogens (tertiary/aromatic N) is 1. The molecule has 0 saturated carbocycles. The van der Waals surface area contributed by atoms with Crippen molar-refractivity contribution < 1.29 is 19.2 Å². The van der Waals surface area contributed by atoms with Crippen LogP contribution in [0.4, 0.5) is 5.69 Å². The first-order chi connectivity index (χ1) is 13.5. The number of carbonyl (C=O) groups excluding carboxylic acids is 2. The first-order valence-corrected chi connectivity index (χ1v) is 10.5. The average Bonchev–Trinajstić information content (AvgIpc) is 3.35. The molecule has 0 aliphatic carbocycles. The van der Waals surface area contributed by atoms with Crippen LogP contribution < -0.4 is 10.2 Å². The van der Waals surface area contributed by atoms with Gasteiger partial charge in [-0.15, -0.1) is 11.3 Å². The number of thiophene rings is 1. The van der Waals surface area contributed by atoms with Gasteiger partial charge in [-0.2, -0.15) is 0 Å². The number of carbonyl (C=O) groups is 2. The molecule has 6 nitrogen and oxygen atoms in total. The van der Waals surface area contributed by atoms with Crippen molar-refractivity contribution in [2.75, 3.05) is 39.1 Å². The van der Waals surface area contributed by atoms with E-state index in [1.165, 1.54) is 14.7 Å². The van der Waals surface area contributed by atoms with Gasteiger partial charge in [0.1, 0.15) is 19.2 Å². The van der Waals surface area contributed by atoms with Gasteiger partial charge in [0.2, 0.25) is 0 Å². The van der Waals surface area contributed by atoms with Crippen LogP contribution in [0.3, 0.4) is 0 Å². The van der Waals surface area contributed by atoms with E-state index in [0.717, 1.165) is 32.5 Å². The number of rotatable bonds is 8. The molecule has 28 heavy (non-hydrogen) atoms. The van der Waals surface area contributed by atoms with Crippen molar-refractivity contribution in [1.82, 2.24) is 4.90 Å². The molecular weight excluding hydrogens is 374 g/mol. The summed E-state index contributed by atoms with van der Waals surface area (Å²) in [6.45, 7) is 2.86. The van der Waals surface area contributed by atoms with E-state index in [-0.39, 0.29) is 17.9 Å². The molecule has 1 aromatic carbocycles. The minimum atomic E-state index is -0.0546. The summed E-state index contributed by atoms with van der Waals surface area (Å²) in [6, 6.07) is 11.2. The van der Waals surface area contributed by atoms with Gasteiger partial charge in [-0.3, -0.25) is 9.59 Å². The van der Waals surface area contributed by atoms with E-state index in [1.54, 1.807) is 49.7 Å². The van der Waals surface area contributed by atoms with Gasteiger partial charge in [0.05, 0.1) is 4.88 Å². The van der Waals surface area contributed by atoms with Gasteiger partial charge in [-0.05, 0) is 48.6 Å². The third kappa shape index (κ3) is 5.89. The molecule has 1 aliphatic heterocycles. The molecule has 1 unspecified atom stereocenters. The van der Waals surface area contributed by atoms with Gasteiger partial charge in [-0.25, -0.2) is 0 Å². The molecule has 0 radical (unpaired) electrons. The number of amides is 2. The standard InChI is InChI=1S/C21H27N3O3S/c1-23(2)21(26)16-7-9-17(10-8-16)22-20(25)15-24(13-18-5-3-11-27-18)14-19-6-4-12-28-19/h4,6-10,12,18H,3,5,11,13-15H2,1-2H3,(H,22,25)/p+1/t18-/m1/s1. The quantitative estimate of drug-likeness (QED) is 0.706. The molecule has 0 spiro atoms. The molecule has 1 fully saturated rings. The van der Waals surface area contributed by atoms with Crippen molar-refractivity contribution in [2.45, 2.75) is 25.5 Å². The molecule has 2 amide bonds. The van der Waals surface area contributed by atoms with E-state index < -0.39 is 0 Å². The lowest BCUT2D eigenvalue weighted by Crippen LogP contribution is -3.12. The van der Waals surface area contributed by atoms with Crippen molar-refractivity contribution >= 4 is 28.8 Å². The molecular formula is C21H28N3O3S+. The van der Waals surface area contributed by atoms with Gasteiger partial charge in [0, 0.05) is 32.0 Å². The summed E-state index contributed by atoms with van der Waals surface area (Å²) < 4.78 is 5.77. The minimum absolute atomic E-state index is 0.0313. The van der Waals surface area contributed by atoms with Crippen LogP contribution in [0.5, 0.6) is 0 Å². The Morgan fingerprint density at radius 1 is 1.25 bits per heavy atom. The summed E-state index contributed by atoms with van der Waals surface area (Å²) in [5.74, 6) is -0.0859. The fourth-order valence-corrected chi connectivity index (χ4v) is 4.16. The molecule has 2 N–H and O–H groups in total. The summed E-state index contributed by atoms with van der Waals surface area (Å²) in [6.07, 6.45) is 2.40. The summed E-state index contributed by atoms with van der Waals surface area (Å²) in [4.78, 5) is 28.6. The smallest absolute Gasteiger partial charge is 0.279 e. The van der Waals surface area contributed by atoms with Crippen LogP contribution in [-0.2, 0) is 16.1 Å². The highest BCUT2D eigenvalue weighted by atomic mass is 32.1. The molecule has 2 heterocycles. The predicted octanol–water partition coefficient (Wildman–Crippen LogP) is 1.65. The molecule has 1 aliphatic rings. The largest absolute Gasteiger partial charge is 0.372 e.